The molecule has 0 unspecified atom stereocenters. The summed E-state index contributed by atoms with van der Waals surface area (Å²) in [5.41, 5.74) is 2.13. The van der Waals surface area contributed by atoms with E-state index < -0.39 is 0 Å². The lowest BCUT2D eigenvalue weighted by atomic mass is 10.0. The fourth-order valence-corrected chi connectivity index (χ4v) is 1.52. The summed E-state index contributed by atoms with van der Waals surface area (Å²) in [4.78, 5) is 11.9. The first-order valence-corrected chi connectivity index (χ1v) is 4.90. The van der Waals surface area contributed by atoms with Crippen molar-refractivity contribution in [3.8, 4) is 0 Å². The number of carbonyl (C=O) groups excluding carboxylic acids is 1. The van der Waals surface area contributed by atoms with Gasteiger partial charge in [-0.25, -0.2) is 0 Å². The first kappa shape index (κ1) is 9.99. The molecule has 0 saturated heterocycles. The number of benzene rings is 1. The number of furan rings is 1. The lowest BCUT2D eigenvalue weighted by molar-refractivity contribution is 0.103. The predicted molar refractivity (Wildman–Crippen MR) is 58.3 cm³/mol. The summed E-state index contributed by atoms with van der Waals surface area (Å²) in [6.45, 7) is 1.97. The Morgan fingerprint density at radius 1 is 1.20 bits per heavy atom. The van der Waals surface area contributed by atoms with E-state index in [0.717, 1.165) is 5.56 Å². The van der Waals surface area contributed by atoms with Gasteiger partial charge in [-0.3, -0.25) is 4.79 Å². The van der Waals surface area contributed by atoms with E-state index in [9.17, 15) is 4.79 Å². The highest BCUT2D eigenvalue weighted by molar-refractivity contribution is 6.33. The molecule has 15 heavy (non-hydrogen) atoms. The highest BCUT2D eigenvalue weighted by Crippen LogP contribution is 2.20. The van der Waals surface area contributed by atoms with E-state index in [4.69, 9.17) is 16.0 Å². The molecule has 2 aromatic rings. The van der Waals surface area contributed by atoms with Crippen LogP contribution in [-0.2, 0) is 0 Å². The van der Waals surface area contributed by atoms with Gasteiger partial charge in [-0.1, -0.05) is 29.8 Å². The molecular formula is C12H9ClO2. The zero-order valence-electron chi connectivity index (χ0n) is 8.16. The van der Waals surface area contributed by atoms with Gasteiger partial charge in [0.1, 0.15) is 0 Å². The van der Waals surface area contributed by atoms with Crippen molar-refractivity contribution in [3.05, 3.63) is 58.5 Å². The van der Waals surface area contributed by atoms with E-state index in [1.807, 2.05) is 19.1 Å². The lowest BCUT2D eigenvalue weighted by Gasteiger charge is -1.99. The van der Waals surface area contributed by atoms with Crippen molar-refractivity contribution in [3.63, 3.8) is 0 Å². The van der Waals surface area contributed by atoms with Gasteiger partial charge in [-0.2, -0.15) is 0 Å². The van der Waals surface area contributed by atoms with Gasteiger partial charge in [-0.15, -0.1) is 0 Å². The Labute approximate surface area is 92.5 Å². The minimum Gasteiger partial charge on any atom is -0.452 e. The monoisotopic (exact) mass is 220 g/mol. The summed E-state index contributed by atoms with van der Waals surface area (Å²) in [5, 5.41) is 0.139. The molecule has 2 nitrogen and oxygen atoms in total. The molecule has 0 aliphatic rings. The van der Waals surface area contributed by atoms with Gasteiger partial charge >= 0.3 is 0 Å². The molecule has 0 saturated carbocycles. The van der Waals surface area contributed by atoms with Crippen LogP contribution in [0.2, 0.25) is 5.22 Å². The van der Waals surface area contributed by atoms with Crippen LogP contribution in [-0.4, -0.2) is 5.78 Å². The highest BCUT2D eigenvalue weighted by Gasteiger charge is 2.14. The second-order valence-electron chi connectivity index (χ2n) is 3.30. The highest BCUT2D eigenvalue weighted by atomic mass is 35.5. The predicted octanol–water partition coefficient (Wildman–Crippen LogP) is 3.47. The Balaban J connectivity index is 2.37. The summed E-state index contributed by atoms with van der Waals surface area (Å²) in [5.74, 6) is -0.117. The number of halogens is 1. The van der Waals surface area contributed by atoms with Gasteiger partial charge in [0, 0.05) is 5.56 Å². The molecule has 1 aromatic heterocycles. The normalized spacial score (nSPS) is 10.3. The average Bonchev–Trinajstić information content (AvgIpc) is 2.65. The third-order valence-electron chi connectivity index (χ3n) is 2.18. The number of hydrogen-bond acceptors (Lipinski definition) is 2. The molecule has 2 rings (SSSR count). The molecule has 76 valence electrons. The topological polar surface area (TPSA) is 30.2 Å². The van der Waals surface area contributed by atoms with E-state index in [1.54, 1.807) is 18.2 Å². The fourth-order valence-electron chi connectivity index (χ4n) is 1.32. The van der Waals surface area contributed by atoms with Crippen molar-refractivity contribution in [1.29, 1.82) is 0 Å². The van der Waals surface area contributed by atoms with E-state index in [2.05, 4.69) is 0 Å². The van der Waals surface area contributed by atoms with Crippen LogP contribution in [0.5, 0.6) is 0 Å². The van der Waals surface area contributed by atoms with Crippen LogP contribution in [0.3, 0.4) is 0 Å². The van der Waals surface area contributed by atoms with Crippen molar-refractivity contribution < 1.29 is 9.21 Å². The van der Waals surface area contributed by atoms with Gasteiger partial charge in [0.25, 0.3) is 0 Å². The molecule has 1 aromatic carbocycles. The second kappa shape index (κ2) is 3.91. The number of hydrogen-bond donors (Lipinski definition) is 0. The number of aryl methyl sites for hydroxylation is 1. The first-order chi connectivity index (χ1) is 7.18. The molecule has 0 bridgehead atoms. The molecule has 0 radical (unpaired) electrons. The van der Waals surface area contributed by atoms with Crippen LogP contribution in [0.25, 0.3) is 0 Å². The van der Waals surface area contributed by atoms with Crippen molar-refractivity contribution in [2.75, 3.05) is 0 Å². The maximum Gasteiger partial charge on any atom is 0.204 e. The number of carbonyl (C=O) groups is 1. The average molecular weight is 221 g/mol. The molecule has 0 spiro atoms. The zero-order chi connectivity index (χ0) is 10.8. The Bertz CT molecular complexity index is 483. The standard InChI is InChI=1S/C12H9ClO2/c1-8-2-4-9(5-3-8)11(14)10-6-7-15-12(10)13/h2-7H,1H3. The van der Waals surface area contributed by atoms with Crippen LogP contribution in [0.4, 0.5) is 0 Å². The molecule has 1 heterocycles. The largest absolute Gasteiger partial charge is 0.452 e. The molecule has 0 atom stereocenters. The summed E-state index contributed by atoms with van der Waals surface area (Å²) < 4.78 is 4.88. The number of ketones is 1. The molecule has 0 fully saturated rings. The van der Waals surface area contributed by atoms with Gasteiger partial charge in [-0.05, 0) is 24.6 Å². The Hall–Kier alpha value is -1.54. The third kappa shape index (κ3) is 1.95. The molecular weight excluding hydrogens is 212 g/mol. The molecule has 0 N–H and O–H groups in total. The van der Waals surface area contributed by atoms with Crippen LogP contribution < -0.4 is 0 Å². The van der Waals surface area contributed by atoms with E-state index in [1.165, 1.54) is 6.26 Å². The lowest BCUT2D eigenvalue weighted by Crippen LogP contribution is -1.99. The van der Waals surface area contributed by atoms with Gasteiger partial charge in [0.2, 0.25) is 5.22 Å². The Morgan fingerprint density at radius 2 is 1.87 bits per heavy atom. The SMILES string of the molecule is Cc1ccc(C(=O)c2ccoc2Cl)cc1. The summed E-state index contributed by atoms with van der Waals surface area (Å²) in [6, 6.07) is 8.91. The summed E-state index contributed by atoms with van der Waals surface area (Å²) in [7, 11) is 0. The minimum absolute atomic E-state index is 0.117. The van der Waals surface area contributed by atoms with Gasteiger partial charge in [0.15, 0.2) is 5.78 Å². The second-order valence-corrected chi connectivity index (χ2v) is 3.65. The maximum absolute atomic E-state index is 11.9. The molecule has 0 aliphatic carbocycles. The number of rotatable bonds is 2. The molecule has 0 amide bonds. The van der Waals surface area contributed by atoms with Crippen molar-refractivity contribution >= 4 is 17.4 Å². The van der Waals surface area contributed by atoms with Crippen molar-refractivity contribution in [2.24, 2.45) is 0 Å². The zero-order valence-corrected chi connectivity index (χ0v) is 8.91. The summed E-state index contributed by atoms with van der Waals surface area (Å²) in [6.07, 6.45) is 1.41. The van der Waals surface area contributed by atoms with Crippen molar-refractivity contribution in [1.82, 2.24) is 0 Å². The van der Waals surface area contributed by atoms with E-state index in [0.29, 0.717) is 11.1 Å². The van der Waals surface area contributed by atoms with Gasteiger partial charge < -0.3 is 4.42 Å². The third-order valence-corrected chi connectivity index (χ3v) is 2.47. The van der Waals surface area contributed by atoms with Gasteiger partial charge in [0.05, 0.1) is 11.8 Å². The van der Waals surface area contributed by atoms with Crippen LogP contribution in [0, 0.1) is 6.92 Å². The summed E-state index contributed by atoms with van der Waals surface area (Å²) >= 11 is 5.73. The molecule has 0 aliphatic heterocycles. The minimum atomic E-state index is -0.117. The van der Waals surface area contributed by atoms with Crippen LogP contribution in [0.1, 0.15) is 21.5 Å². The quantitative estimate of drug-likeness (QED) is 0.726. The van der Waals surface area contributed by atoms with Crippen LogP contribution >= 0.6 is 11.6 Å². The first-order valence-electron chi connectivity index (χ1n) is 4.53. The maximum atomic E-state index is 11.9. The van der Waals surface area contributed by atoms with E-state index in [-0.39, 0.29) is 11.0 Å². The Kier molecular flexibility index (Phi) is 2.60. The van der Waals surface area contributed by atoms with Crippen LogP contribution in [0.15, 0.2) is 41.0 Å². The Morgan fingerprint density at radius 3 is 2.40 bits per heavy atom. The van der Waals surface area contributed by atoms with Crippen molar-refractivity contribution in [2.45, 2.75) is 6.92 Å². The van der Waals surface area contributed by atoms with E-state index >= 15 is 0 Å². The fraction of sp³-hybridized carbons (Fsp3) is 0.0833. The smallest absolute Gasteiger partial charge is 0.204 e. The molecule has 3 heteroatoms.